The summed E-state index contributed by atoms with van der Waals surface area (Å²) in [7, 11) is 0. The van der Waals surface area contributed by atoms with Crippen molar-refractivity contribution >= 4 is 18.0 Å². The van der Waals surface area contributed by atoms with Crippen molar-refractivity contribution in [2.75, 3.05) is 26.2 Å². The molecule has 7 heteroatoms. The second kappa shape index (κ2) is 10.5. The topological polar surface area (TPSA) is 85.2 Å². The van der Waals surface area contributed by atoms with Gasteiger partial charge in [-0.3, -0.25) is 14.5 Å². The summed E-state index contributed by atoms with van der Waals surface area (Å²) in [4.78, 5) is 28.3. The molecule has 2 amide bonds. The first-order chi connectivity index (χ1) is 15.0. The Labute approximate surface area is 182 Å². The molecule has 0 aromatic heterocycles. The first-order valence-corrected chi connectivity index (χ1v) is 10.3. The van der Waals surface area contributed by atoms with Crippen LogP contribution in [-0.4, -0.2) is 59.1 Å². The van der Waals surface area contributed by atoms with Crippen LogP contribution in [0.25, 0.3) is 0 Å². The molecule has 0 saturated carbocycles. The van der Waals surface area contributed by atoms with Crippen molar-refractivity contribution in [2.24, 2.45) is 5.10 Å². The number of hydrogen-bond acceptors (Lipinski definition) is 5. The normalized spacial score (nSPS) is 14.7. The molecule has 0 bridgehead atoms. The molecule has 162 valence electrons. The zero-order chi connectivity index (χ0) is 22.2. The van der Waals surface area contributed by atoms with Crippen LogP contribution in [-0.2, 0) is 22.6 Å². The maximum Gasteiger partial charge on any atom is 0.259 e. The van der Waals surface area contributed by atoms with E-state index in [9.17, 15) is 14.7 Å². The number of phenols is 1. The number of nitrogens with one attached hydrogen (secondary N) is 1. The molecule has 7 nitrogen and oxygen atoms in total. The van der Waals surface area contributed by atoms with E-state index in [0.29, 0.717) is 31.6 Å². The number of carbonyl (C=O) groups is 2. The van der Waals surface area contributed by atoms with E-state index in [1.54, 1.807) is 29.2 Å². The summed E-state index contributed by atoms with van der Waals surface area (Å²) in [6.07, 6.45) is 3.63. The van der Waals surface area contributed by atoms with Crippen molar-refractivity contribution < 1.29 is 14.7 Å². The zero-order valence-electron chi connectivity index (χ0n) is 17.8. The lowest BCUT2D eigenvalue weighted by atomic mass is 10.1. The summed E-state index contributed by atoms with van der Waals surface area (Å²) in [6, 6.07) is 13.6. The standard InChI is InChI=1S/C24H28N4O3/c1-3-5-20-6-4-7-21(24(20)31)14-25-26-22(29)16-28-13-12-27(17-23(28)30)15-19-10-8-18(2)9-11-19/h3-4,6-11,14,31H,1,5,12-13,15-17H2,2H3,(H,26,29)/b25-14+. The summed E-state index contributed by atoms with van der Waals surface area (Å²) in [5, 5.41) is 14.1. The number of rotatable bonds is 8. The van der Waals surface area contributed by atoms with Gasteiger partial charge in [-0.15, -0.1) is 6.58 Å². The molecule has 0 aliphatic carbocycles. The highest BCUT2D eigenvalue weighted by atomic mass is 16.3. The molecular formula is C24H28N4O3. The van der Waals surface area contributed by atoms with E-state index >= 15 is 0 Å². The molecule has 1 aliphatic heterocycles. The Balaban J connectivity index is 1.47. The van der Waals surface area contributed by atoms with Crippen LogP contribution in [0, 0.1) is 6.92 Å². The Morgan fingerprint density at radius 1 is 1.23 bits per heavy atom. The number of amides is 2. The number of phenolic OH excluding ortho intramolecular Hbond substituents is 1. The largest absolute Gasteiger partial charge is 0.507 e. The highest BCUT2D eigenvalue weighted by molar-refractivity contribution is 5.88. The quantitative estimate of drug-likeness (QED) is 0.390. The van der Waals surface area contributed by atoms with Gasteiger partial charge in [-0.2, -0.15) is 5.10 Å². The number of nitrogens with zero attached hydrogens (tertiary/aromatic N) is 3. The Hall–Kier alpha value is -3.45. The monoisotopic (exact) mass is 420 g/mol. The van der Waals surface area contributed by atoms with Crippen molar-refractivity contribution in [3.63, 3.8) is 0 Å². The molecule has 0 spiro atoms. The van der Waals surface area contributed by atoms with Crippen molar-refractivity contribution in [1.29, 1.82) is 0 Å². The van der Waals surface area contributed by atoms with Crippen molar-refractivity contribution in [1.82, 2.24) is 15.2 Å². The lowest BCUT2D eigenvalue weighted by Gasteiger charge is -2.33. The van der Waals surface area contributed by atoms with Crippen LogP contribution in [0.4, 0.5) is 0 Å². The van der Waals surface area contributed by atoms with Gasteiger partial charge in [0, 0.05) is 25.2 Å². The summed E-state index contributed by atoms with van der Waals surface area (Å²) < 4.78 is 0. The molecule has 2 N–H and O–H groups in total. The van der Waals surface area contributed by atoms with Crippen LogP contribution in [0.2, 0.25) is 0 Å². The number of benzene rings is 2. The number of hydrazone groups is 1. The summed E-state index contributed by atoms with van der Waals surface area (Å²) in [6.45, 7) is 7.87. The van der Waals surface area contributed by atoms with E-state index in [1.165, 1.54) is 17.3 Å². The molecule has 3 rings (SSSR count). The minimum absolute atomic E-state index is 0.0446. The van der Waals surface area contributed by atoms with Gasteiger partial charge >= 0.3 is 0 Å². The zero-order valence-corrected chi connectivity index (χ0v) is 17.8. The van der Waals surface area contributed by atoms with Crippen LogP contribution in [0.1, 0.15) is 22.3 Å². The number of piperazine rings is 1. The van der Waals surface area contributed by atoms with E-state index in [1.807, 2.05) is 6.92 Å². The molecule has 2 aromatic carbocycles. The number of para-hydroxylation sites is 1. The van der Waals surface area contributed by atoms with Gasteiger partial charge in [-0.05, 0) is 30.5 Å². The SMILES string of the molecule is C=CCc1cccc(/C=N/NC(=O)CN2CCN(Cc3ccc(C)cc3)CC2=O)c1O. The number of allylic oxidation sites excluding steroid dienone is 1. The lowest BCUT2D eigenvalue weighted by molar-refractivity contribution is -0.140. The number of aromatic hydroxyl groups is 1. The Bertz CT molecular complexity index is 969. The van der Waals surface area contributed by atoms with Crippen LogP contribution in [0.15, 0.2) is 60.2 Å². The summed E-state index contributed by atoms with van der Waals surface area (Å²) in [5.41, 5.74) is 6.03. The van der Waals surface area contributed by atoms with Crippen molar-refractivity contribution in [3.05, 3.63) is 77.4 Å². The lowest BCUT2D eigenvalue weighted by Crippen LogP contribution is -2.52. The van der Waals surface area contributed by atoms with Crippen LogP contribution < -0.4 is 5.43 Å². The second-order valence-electron chi connectivity index (χ2n) is 7.65. The number of aryl methyl sites for hydroxylation is 1. The average molecular weight is 421 g/mol. The maximum absolute atomic E-state index is 12.4. The first-order valence-electron chi connectivity index (χ1n) is 10.3. The second-order valence-corrected chi connectivity index (χ2v) is 7.65. The van der Waals surface area contributed by atoms with E-state index < -0.39 is 0 Å². The van der Waals surface area contributed by atoms with E-state index in [2.05, 4.69) is 46.3 Å². The maximum atomic E-state index is 12.4. The number of carbonyl (C=O) groups excluding carboxylic acids is 2. The molecule has 1 aliphatic rings. The molecule has 0 radical (unpaired) electrons. The third-order valence-electron chi connectivity index (χ3n) is 5.17. The summed E-state index contributed by atoms with van der Waals surface area (Å²) >= 11 is 0. The Kier molecular flexibility index (Phi) is 7.56. The van der Waals surface area contributed by atoms with Gasteiger partial charge in [-0.1, -0.05) is 48.0 Å². The van der Waals surface area contributed by atoms with Crippen molar-refractivity contribution in [2.45, 2.75) is 19.9 Å². The predicted molar refractivity (Wildman–Crippen MR) is 121 cm³/mol. The van der Waals surface area contributed by atoms with Gasteiger partial charge in [0.15, 0.2) is 0 Å². The van der Waals surface area contributed by atoms with E-state index in [-0.39, 0.29) is 30.7 Å². The third-order valence-corrected chi connectivity index (χ3v) is 5.17. The highest BCUT2D eigenvalue weighted by Gasteiger charge is 2.25. The average Bonchev–Trinajstić information content (AvgIpc) is 2.74. The van der Waals surface area contributed by atoms with Crippen LogP contribution in [0.5, 0.6) is 5.75 Å². The summed E-state index contributed by atoms with van der Waals surface area (Å²) in [5.74, 6) is -0.342. The first kappa shape index (κ1) is 22.2. The molecular weight excluding hydrogens is 392 g/mol. The molecule has 1 fully saturated rings. The van der Waals surface area contributed by atoms with Crippen molar-refractivity contribution in [3.8, 4) is 5.75 Å². The fourth-order valence-electron chi connectivity index (χ4n) is 3.43. The van der Waals surface area contributed by atoms with Gasteiger partial charge in [-0.25, -0.2) is 5.43 Å². The third kappa shape index (κ3) is 6.26. The van der Waals surface area contributed by atoms with Crippen LogP contribution in [0.3, 0.4) is 0 Å². The Morgan fingerprint density at radius 3 is 2.71 bits per heavy atom. The smallest absolute Gasteiger partial charge is 0.259 e. The van der Waals surface area contributed by atoms with E-state index in [0.717, 1.165) is 5.56 Å². The van der Waals surface area contributed by atoms with E-state index in [4.69, 9.17) is 0 Å². The fourth-order valence-corrected chi connectivity index (χ4v) is 3.43. The predicted octanol–water partition coefficient (Wildman–Crippen LogP) is 2.22. The molecule has 0 unspecified atom stereocenters. The highest BCUT2D eigenvalue weighted by Crippen LogP contribution is 2.21. The van der Waals surface area contributed by atoms with Gasteiger partial charge in [0.05, 0.1) is 12.8 Å². The van der Waals surface area contributed by atoms with Crippen LogP contribution >= 0.6 is 0 Å². The van der Waals surface area contributed by atoms with Gasteiger partial charge in [0.1, 0.15) is 12.3 Å². The van der Waals surface area contributed by atoms with Gasteiger partial charge in [0.2, 0.25) is 5.91 Å². The molecule has 1 heterocycles. The number of hydrogen-bond donors (Lipinski definition) is 2. The molecule has 1 saturated heterocycles. The molecule has 31 heavy (non-hydrogen) atoms. The fraction of sp³-hybridized carbons (Fsp3) is 0.292. The molecule has 0 atom stereocenters. The van der Waals surface area contributed by atoms with Gasteiger partial charge in [0.25, 0.3) is 5.91 Å². The van der Waals surface area contributed by atoms with Gasteiger partial charge < -0.3 is 10.0 Å². The minimum atomic E-state index is -0.377. The minimum Gasteiger partial charge on any atom is -0.507 e. The Morgan fingerprint density at radius 2 is 2.00 bits per heavy atom. The molecule has 2 aromatic rings.